The fraction of sp³-hybridized carbons (Fsp3) is 0.700. The molecule has 0 spiro atoms. The molecule has 1 unspecified atom stereocenters. The SMILES string of the molecule is CC(C)C[C@H](CNC1(O)CCCO1)NS(=O)(=O)c1ccc(C(C)(C)C)cc1. The molecule has 0 radical (unpaired) electrons. The van der Waals surface area contributed by atoms with Gasteiger partial charge in [0.05, 0.1) is 11.5 Å². The van der Waals surface area contributed by atoms with Gasteiger partial charge in [-0.3, -0.25) is 5.32 Å². The van der Waals surface area contributed by atoms with Crippen molar-refractivity contribution in [3.8, 4) is 0 Å². The van der Waals surface area contributed by atoms with Gasteiger partial charge in [0.2, 0.25) is 15.9 Å². The molecule has 1 aliphatic rings. The van der Waals surface area contributed by atoms with Crippen LogP contribution in [0.3, 0.4) is 0 Å². The van der Waals surface area contributed by atoms with Crippen LogP contribution in [-0.2, 0) is 20.2 Å². The summed E-state index contributed by atoms with van der Waals surface area (Å²) in [5.41, 5.74) is 1.05. The summed E-state index contributed by atoms with van der Waals surface area (Å²) >= 11 is 0. The average molecular weight is 399 g/mol. The van der Waals surface area contributed by atoms with Crippen LogP contribution in [0.4, 0.5) is 0 Å². The number of ether oxygens (including phenoxy) is 1. The summed E-state index contributed by atoms with van der Waals surface area (Å²) in [6.07, 6.45) is 1.94. The van der Waals surface area contributed by atoms with Crippen molar-refractivity contribution in [3.05, 3.63) is 29.8 Å². The first-order valence-electron chi connectivity index (χ1n) is 9.65. The molecule has 1 saturated heterocycles. The van der Waals surface area contributed by atoms with Crippen LogP contribution >= 0.6 is 0 Å². The molecule has 0 saturated carbocycles. The maximum absolute atomic E-state index is 12.8. The number of hydrogen-bond donors (Lipinski definition) is 3. The van der Waals surface area contributed by atoms with E-state index in [0.717, 1.165) is 12.0 Å². The number of rotatable bonds is 8. The molecule has 3 N–H and O–H groups in total. The molecule has 27 heavy (non-hydrogen) atoms. The zero-order chi connectivity index (χ0) is 20.3. The van der Waals surface area contributed by atoms with Crippen molar-refractivity contribution in [2.75, 3.05) is 13.2 Å². The van der Waals surface area contributed by atoms with E-state index in [1.165, 1.54) is 0 Å². The summed E-state index contributed by atoms with van der Waals surface area (Å²) in [6.45, 7) is 11.2. The van der Waals surface area contributed by atoms with E-state index in [1.807, 2.05) is 26.0 Å². The van der Waals surface area contributed by atoms with Gasteiger partial charge in [0.1, 0.15) is 0 Å². The van der Waals surface area contributed by atoms with Gasteiger partial charge < -0.3 is 9.84 Å². The lowest BCUT2D eigenvalue weighted by Crippen LogP contribution is -2.51. The monoisotopic (exact) mass is 398 g/mol. The second-order valence-electron chi connectivity index (χ2n) is 8.84. The highest BCUT2D eigenvalue weighted by atomic mass is 32.2. The van der Waals surface area contributed by atoms with E-state index in [2.05, 4.69) is 30.8 Å². The maximum Gasteiger partial charge on any atom is 0.240 e. The third-order valence-electron chi connectivity index (χ3n) is 4.73. The van der Waals surface area contributed by atoms with Crippen molar-refractivity contribution in [2.45, 2.75) is 76.1 Å². The summed E-state index contributed by atoms with van der Waals surface area (Å²) in [5.74, 6) is -1.04. The average Bonchev–Trinajstić information content (AvgIpc) is 2.98. The molecule has 1 fully saturated rings. The lowest BCUT2D eigenvalue weighted by atomic mass is 9.87. The molecular weight excluding hydrogens is 364 g/mol. The molecule has 7 heteroatoms. The second-order valence-corrected chi connectivity index (χ2v) is 10.6. The number of sulfonamides is 1. The van der Waals surface area contributed by atoms with Crippen molar-refractivity contribution in [3.63, 3.8) is 0 Å². The Bertz CT molecular complexity index is 702. The maximum atomic E-state index is 12.8. The van der Waals surface area contributed by atoms with E-state index in [-0.39, 0.29) is 16.4 Å². The van der Waals surface area contributed by atoms with E-state index in [0.29, 0.717) is 31.9 Å². The Morgan fingerprint density at radius 1 is 1.22 bits per heavy atom. The summed E-state index contributed by atoms with van der Waals surface area (Å²) < 4.78 is 33.8. The largest absolute Gasteiger partial charge is 0.353 e. The van der Waals surface area contributed by atoms with E-state index in [1.54, 1.807) is 12.1 Å². The second kappa shape index (κ2) is 8.57. The van der Waals surface area contributed by atoms with Gasteiger partial charge in [-0.25, -0.2) is 13.1 Å². The molecule has 0 amide bonds. The molecule has 6 nitrogen and oxygen atoms in total. The van der Waals surface area contributed by atoms with E-state index in [4.69, 9.17) is 4.74 Å². The van der Waals surface area contributed by atoms with Crippen molar-refractivity contribution in [1.82, 2.24) is 10.0 Å². The third kappa shape index (κ3) is 6.54. The molecule has 2 atom stereocenters. The highest BCUT2D eigenvalue weighted by Gasteiger charge is 2.33. The minimum atomic E-state index is -3.65. The molecule has 0 bridgehead atoms. The number of hydrogen-bond acceptors (Lipinski definition) is 5. The van der Waals surface area contributed by atoms with Gasteiger partial charge in [0, 0.05) is 19.0 Å². The Morgan fingerprint density at radius 3 is 2.33 bits per heavy atom. The smallest absolute Gasteiger partial charge is 0.240 e. The van der Waals surface area contributed by atoms with Crippen LogP contribution in [-0.4, -0.2) is 38.6 Å². The zero-order valence-corrected chi connectivity index (χ0v) is 17.9. The van der Waals surface area contributed by atoms with E-state index in [9.17, 15) is 13.5 Å². The first kappa shape index (κ1) is 22.3. The van der Waals surface area contributed by atoms with Crippen LogP contribution in [0.1, 0.15) is 59.4 Å². The molecular formula is C20H34N2O4S. The van der Waals surface area contributed by atoms with Crippen LogP contribution < -0.4 is 10.0 Å². The van der Waals surface area contributed by atoms with Crippen molar-refractivity contribution >= 4 is 10.0 Å². The number of aliphatic hydroxyl groups is 1. The summed E-state index contributed by atoms with van der Waals surface area (Å²) in [4.78, 5) is 0.250. The molecule has 1 heterocycles. The molecule has 1 aromatic carbocycles. The number of nitrogens with one attached hydrogen (secondary N) is 2. The summed E-state index contributed by atoms with van der Waals surface area (Å²) in [7, 11) is -3.65. The van der Waals surface area contributed by atoms with Crippen LogP contribution in [0.2, 0.25) is 0 Å². The van der Waals surface area contributed by atoms with Gasteiger partial charge >= 0.3 is 0 Å². The van der Waals surface area contributed by atoms with Gasteiger partial charge in [-0.05, 0) is 41.9 Å². The Hall–Kier alpha value is -0.990. The summed E-state index contributed by atoms with van der Waals surface area (Å²) in [6, 6.07) is 6.68. The van der Waals surface area contributed by atoms with E-state index >= 15 is 0 Å². The lowest BCUT2D eigenvalue weighted by molar-refractivity contribution is -0.193. The molecule has 1 aromatic rings. The van der Waals surface area contributed by atoms with Gasteiger partial charge in [0.25, 0.3) is 0 Å². The predicted octanol–water partition coefficient (Wildman–Crippen LogP) is 2.72. The number of benzene rings is 1. The van der Waals surface area contributed by atoms with Crippen LogP contribution in [0.15, 0.2) is 29.2 Å². The summed E-state index contributed by atoms with van der Waals surface area (Å²) in [5, 5.41) is 13.3. The quantitative estimate of drug-likeness (QED) is 0.586. The molecule has 0 aromatic heterocycles. The van der Waals surface area contributed by atoms with Crippen LogP contribution in [0.5, 0.6) is 0 Å². The minimum absolute atomic E-state index is 0.0312. The Morgan fingerprint density at radius 2 is 1.85 bits per heavy atom. The van der Waals surface area contributed by atoms with Crippen molar-refractivity contribution in [1.29, 1.82) is 0 Å². The minimum Gasteiger partial charge on any atom is -0.353 e. The first-order valence-corrected chi connectivity index (χ1v) is 11.1. The standard InChI is InChI=1S/C20H34N2O4S/c1-15(2)13-17(14-21-20(23)11-6-12-26-20)22-27(24,25)18-9-7-16(8-10-18)19(3,4)5/h7-10,15,17,21-23H,6,11-14H2,1-5H3/t17-,20?/m1/s1. The fourth-order valence-corrected chi connectivity index (χ4v) is 4.46. The highest BCUT2D eigenvalue weighted by molar-refractivity contribution is 7.89. The fourth-order valence-electron chi connectivity index (χ4n) is 3.21. The topological polar surface area (TPSA) is 87.7 Å². The third-order valence-corrected chi connectivity index (χ3v) is 6.27. The van der Waals surface area contributed by atoms with E-state index < -0.39 is 15.9 Å². The molecule has 2 rings (SSSR count). The Kier molecular flexibility index (Phi) is 7.08. The molecule has 1 aliphatic heterocycles. The highest BCUT2D eigenvalue weighted by Crippen LogP contribution is 2.24. The van der Waals surface area contributed by atoms with Crippen molar-refractivity contribution in [2.24, 2.45) is 5.92 Å². The van der Waals surface area contributed by atoms with Crippen LogP contribution in [0.25, 0.3) is 0 Å². The Labute approximate surface area is 163 Å². The van der Waals surface area contributed by atoms with Gasteiger partial charge in [0.15, 0.2) is 0 Å². The molecule has 0 aliphatic carbocycles. The van der Waals surface area contributed by atoms with Gasteiger partial charge in [-0.15, -0.1) is 0 Å². The van der Waals surface area contributed by atoms with Crippen molar-refractivity contribution < 1.29 is 18.3 Å². The first-order chi connectivity index (χ1) is 12.4. The normalized spacial score (nSPS) is 22.3. The van der Waals surface area contributed by atoms with Gasteiger partial charge in [-0.2, -0.15) is 0 Å². The zero-order valence-electron chi connectivity index (χ0n) is 17.1. The lowest BCUT2D eigenvalue weighted by Gasteiger charge is -2.27. The molecule has 154 valence electrons. The Balaban J connectivity index is 2.09. The van der Waals surface area contributed by atoms with Crippen LogP contribution in [0, 0.1) is 5.92 Å². The van der Waals surface area contributed by atoms with Gasteiger partial charge in [-0.1, -0.05) is 46.8 Å². The predicted molar refractivity (Wildman–Crippen MR) is 107 cm³/mol.